The molecule has 4 rings (SSSR count). The fourth-order valence-corrected chi connectivity index (χ4v) is 4.30. The molecule has 0 aliphatic carbocycles. The molecule has 10 heteroatoms. The molecule has 2 N–H and O–H groups in total. The molecule has 0 spiro atoms. The Hall–Kier alpha value is -4.44. The van der Waals surface area contributed by atoms with Gasteiger partial charge >= 0.3 is 12.2 Å². The maximum atomic E-state index is 13.1. The number of rotatable bonds is 10. The van der Waals surface area contributed by atoms with Gasteiger partial charge in [-0.25, -0.2) is 14.5 Å². The summed E-state index contributed by atoms with van der Waals surface area (Å²) in [7, 11) is 1.28. The molecule has 1 aliphatic heterocycles. The average Bonchev–Trinajstić information content (AvgIpc) is 3.40. The lowest BCUT2D eigenvalue weighted by Gasteiger charge is -2.26. The molecule has 2 amide bonds. The second-order valence-corrected chi connectivity index (χ2v) is 10.4. The van der Waals surface area contributed by atoms with E-state index in [1.54, 1.807) is 39.0 Å². The number of aromatic hydroxyl groups is 1. The molecule has 218 valence electrons. The maximum absolute atomic E-state index is 13.1. The standard InChI is InChI=1S/C31H36N2O8/c1-31(2,3)41-29(35)32-14-12-22-16-23(13-15-38-19-21-8-6-5-7-9-21)26(34)18-25(22)33(30(36)37-4)24-10-11-27-28(17-24)40-20-39-27/h5-11,16-18,34H,12-15,19-20H2,1-4H3,(H,32,35). The van der Waals surface area contributed by atoms with Crippen molar-refractivity contribution in [1.29, 1.82) is 0 Å². The van der Waals surface area contributed by atoms with Gasteiger partial charge < -0.3 is 34.1 Å². The summed E-state index contributed by atoms with van der Waals surface area (Å²) in [6.45, 7) is 6.50. The van der Waals surface area contributed by atoms with Crippen LogP contribution in [-0.4, -0.2) is 49.9 Å². The normalized spacial score (nSPS) is 12.1. The number of hydrogen-bond donors (Lipinski definition) is 2. The highest BCUT2D eigenvalue weighted by Crippen LogP contribution is 2.40. The lowest BCUT2D eigenvalue weighted by molar-refractivity contribution is 0.0528. The van der Waals surface area contributed by atoms with E-state index in [9.17, 15) is 14.7 Å². The van der Waals surface area contributed by atoms with Gasteiger partial charge in [0.1, 0.15) is 11.4 Å². The summed E-state index contributed by atoms with van der Waals surface area (Å²) in [5.41, 5.74) is 2.61. The van der Waals surface area contributed by atoms with E-state index in [2.05, 4.69) is 5.32 Å². The van der Waals surface area contributed by atoms with Gasteiger partial charge in [0.05, 0.1) is 31.7 Å². The Kier molecular flexibility index (Phi) is 9.57. The lowest BCUT2D eigenvalue weighted by Crippen LogP contribution is -2.34. The summed E-state index contributed by atoms with van der Waals surface area (Å²) < 4.78 is 27.2. The largest absolute Gasteiger partial charge is 0.508 e. The number of carbonyl (C=O) groups is 2. The molecule has 0 aromatic heterocycles. The number of nitrogens with one attached hydrogen (secondary N) is 1. The van der Waals surface area contributed by atoms with Gasteiger partial charge in [0.2, 0.25) is 6.79 Å². The molecule has 1 aliphatic rings. The number of phenols is 1. The van der Waals surface area contributed by atoms with Crippen molar-refractivity contribution in [1.82, 2.24) is 5.32 Å². The van der Waals surface area contributed by atoms with Gasteiger partial charge in [-0.05, 0) is 68.5 Å². The van der Waals surface area contributed by atoms with Crippen LogP contribution in [0, 0.1) is 0 Å². The predicted octanol–water partition coefficient (Wildman–Crippen LogP) is 5.85. The van der Waals surface area contributed by atoms with Crippen LogP contribution in [0.2, 0.25) is 0 Å². The van der Waals surface area contributed by atoms with Crippen molar-refractivity contribution in [2.75, 3.05) is 32.0 Å². The number of carbonyl (C=O) groups excluding carboxylic acids is 2. The highest BCUT2D eigenvalue weighted by atomic mass is 16.7. The molecule has 1 heterocycles. The van der Waals surface area contributed by atoms with Crippen LogP contribution in [0.4, 0.5) is 21.0 Å². The molecule has 0 fully saturated rings. The molecule has 0 bridgehead atoms. The third-order valence-electron chi connectivity index (χ3n) is 6.18. The van der Waals surface area contributed by atoms with Crippen LogP contribution in [0.15, 0.2) is 60.7 Å². The first-order valence-electron chi connectivity index (χ1n) is 13.4. The molecule has 41 heavy (non-hydrogen) atoms. The number of ether oxygens (including phenoxy) is 5. The first kappa shape index (κ1) is 29.5. The first-order chi connectivity index (χ1) is 19.6. The topological polar surface area (TPSA) is 116 Å². The first-order valence-corrected chi connectivity index (χ1v) is 13.4. The Balaban J connectivity index is 1.60. The van der Waals surface area contributed by atoms with Crippen molar-refractivity contribution in [2.45, 2.75) is 45.8 Å². The van der Waals surface area contributed by atoms with Crippen LogP contribution in [0.5, 0.6) is 17.2 Å². The summed E-state index contributed by atoms with van der Waals surface area (Å²) in [6, 6.07) is 18.2. The van der Waals surface area contributed by atoms with Gasteiger partial charge in [-0.1, -0.05) is 30.3 Å². The number of nitrogens with zero attached hydrogens (tertiary/aromatic N) is 1. The van der Waals surface area contributed by atoms with Crippen molar-refractivity contribution in [2.24, 2.45) is 0 Å². The van der Waals surface area contributed by atoms with E-state index < -0.39 is 17.8 Å². The zero-order valence-electron chi connectivity index (χ0n) is 23.8. The molecular formula is C31H36N2O8. The molecule has 3 aromatic carbocycles. The smallest absolute Gasteiger partial charge is 0.418 e. The second kappa shape index (κ2) is 13.3. The molecule has 0 atom stereocenters. The minimum Gasteiger partial charge on any atom is -0.508 e. The van der Waals surface area contributed by atoms with E-state index in [-0.39, 0.29) is 19.1 Å². The van der Waals surface area contributed by atoms with Crippen molar-refractivity contribution < 1.29 is 38.4 Å². The molecular weight excluding hydrogens is 528 g/mol. The van der Waals surface area contributed by atoms with Crippen LogP contribution in [-0.2, 0) is 33.7 Å². The molecule has 0 saturated carbocycles. The van der Waals surface area contributed by atoms with Crippen LogP contribution in [0.3, 0.4) is 0 Å². The quantitative estimate of drug-likeness (QED) is 0.295. The fourth-order valence-electron chi connectivity index (χ4n) is 4.30. The van der Waals surface area contributed by atoms with Gasteiger partial charge in [0.25, 0.3) is 0 Å². The Labute approximate surface area is 239 Å². The highest BCUT2D eigenvalue weighted by Gasteiger charge is 2.26. The Morgan fingerprint density at radius 1 is 0.976 bits per heavy atom. The highest BCUT2D eigenvalue weighted by molar-refractivity contribution is 5.97. The predicted molar refractivity (Wildman–Crippen MR) is 153 cm³/mol. The number of phenolic OH excluding ortho intramolecular Hbond substituents is 1. The third-order valence-corrected chi connectivity index (χ3v) is 6.18. The Bertz CT molecular complexity index is 1350. The number of methoxy groups -OCH3 is 1. The molecule has 0 unspecified atom stereocenters. The SMILES string of the molecule is COC(=O)N(c1ccc2c(c1)OCO2)c1cc(O)c(CCOCc2ccccc2)cc1CCNC(=O)OC(C)(C)C. The molecule has 0 radical (unpaired) electrons. The van der Waals surface area contributed by atoms with E-state index in [1.165, 1.54) is 18.1 Å². The van der Waals surface area contributed by atoms with Gasteiger partial charge in [-0.3, -0.25) is 0 Å². The molecule has 0 saturated heterocycles. The molecule has 10 nitrogen and oxygen atoms in total. The van der Waals surface area contributed by atoms with E-state index >= 15 is 0 Å². The average molecular weight is 565 g/mol. The lowest BCUT2D eigenvalue weighted by atomic mass is 10.0. The van der Waals surface area contributed by atoms with Crippen molar-refractivity contribution >= 4 is 23.6 Å². The summed E-state index contributed by atoms with van der Waals surface area (Å²) in [5, 5.41) is 13.8. The number of hydrogen-bond acceptors (Lipinski definition) is 8. The monoisotopic (exact) mass is 564 g/mol. The summed E-state index contributed by atoms with van der Waals surface area (Å²) in [5.74, 6) is 1.05. The van der Waals surface area contributed by atoms with Crippen molar-refractivity contribution in [3.63, 3.8) is 0 Å². The zero-order chi connectivity index (χ0) is 29.4. The summed E-state index contributed by atoms with van der Waals surface area (Å²) in [4.78, 5) is 26.7. The maximum Gasteiger partial charge on any atom is 0.418 e. The number of alkyl carbamates (subject to hydrolysis) is 1. The summed E-state index contributed by atoms with van der Waals surface area (Å²) >= 11 is 0. The number of benzene rings is 3. The molecule has 3 aromatic rings. The second-order valence-electron chi connectivity index (χ2n) is 10.4. The zero-order valence-corrected chi connectivity index (χ0v) is 23.8. The van der Waals surface area contributed by atoms with E-state index in [4.69, 9.17) is 23.7 Å². The van der Waals surface area contributed by atoms with Crippen LogP contribution >= 0.6 is 0 Å². The van der Waals surface area contributed by atoms with E-state index in [1.807, 2.05) is 36.4 Å². The summed E-state index contributed by atoms with van der Waals surface area (Å²) in [6.07, 6.45) is -0.435. The fraction of sp³-hybridized carbons (Fsp3) is 0.355. The van der Waals surface area contributed by atoms with Crippen LogP contribution < -0.4 is 19.7 Å². The van der Waals surface area contributed by atoms with Gasteiger partial charge in [0.15, 0.2) is 11.5 Å². The number of amides is 2. The Morgan fingerprint density at radius 3 is 2.46 bits per heavy atom. The number of fused-ring (bicyclic) bond motifs is 1. The van der Waals surface area contributed by atoms with Gasteiger partial charge in [-0.15, -0.1) is 0 Å². The van der Waals surface area contributed by atoms with E-state index in [0.29, 0.717) is 60.1 Å². The van der Waals surface area contributed by atoms with Crippen molar-refractivity contribution in [3.8, 4) is 17.2 Å². The minimum atomic E-state index is -0.663. The number of anilines is 2. The Morgan fingerprint density at radius 2 is 1.73 bits per heavy atom. The van der Waals surface area contributed by atoms with Crippen LogP contribution in [0.25, 0.3) is 0 Å². The van der Waals surface area contributed by atoms with Gasteiger partial charge in [0, 0.05) is 18.7 Å². The van der Waals surface area contributed by atoms with Crippen molar-refractivity contribution in [3.05, 3.63) is 77.4 Å². The van der Waals surface area contributed by atoms with E-state index in [0.717, 1.165) is 5.56 Å². The minimum absolute atomic E-state index is 0.00167. The van der Waals surface area contributed by atoms with Gasteiger partial charge in [-0.2, -0.15) is 0 Å². The third kappa shape index (κ3) is 8.04. The van der Waals surface area contributed by atoms with Crippen LogP contribution in [0.1, 0.15) is 37.5 Å².